The summed E-state index contributed by atoms with van der Waals surface area (Å²) in [7, 11) is 0. The van der Waals surface area contributed by atoms with E-state index < -0.39 is 11.9 Å². The van der Waals surface area contributed by atoms with E-state index in [0.29, 0.717) is 12.1 Å². The molecule has 2 rings (SSSR count). The minimum absolute atomic E-state index is 0.444. The number of hydrogen-bond donors (Lipinski definition) is 1. The first-order valence-electron chi connectivity index (χ1n) is 5.55. The normalized spacial score (nSPS) is 12.1. The molecule has 0 aliphatic carbocycles. The molecule has 0 bridgehead atoms. The highest BCUT2D eigenvalue weighted by molar-refractivity contribution is 9.10. The second-order valence-electron chi connectivity index (χ2n) is 3.98. The standard InChI is InChI=1S/C14H12BrNO2/c15-11-6-4-10(5-7-11)9-12(14(17)18)13-3-1-2-8-16-13/h1-8,12H,9H2,(H,17,18). The quantitative estimate of drug-likeness (QED) is 0.943. The van der Waals surface area contributed by atoms with Gasteiger partial charge in [-0.2, -0.15) is 0 Å². The van der Waals surface area contributed by atoms with Crippen LogP contribution in [0.4, 0.5) is 0 Å². The van der Waals surface area contributed by atoms with Gasteiger partial charge in [-0.15, -0.1) is 0 Å². The number of halogens is 1. The number of nitrogens with zero attached hydrogens (tertiary/aromatic N) is 1. The maximum Gasteiger partial charge on any atom is 0.312 e. The highest BCUT2D eigenvalue weighted by atomic mass is 79.9. The smallest absolute Gasteiger partial charge is 0.312 e. The number of carboxylic acid groups (broad SMARTS) is 1. The van der Waals surface area contributed by atoms with Crippen molar-refractivity contribution in [2.45, 2.75) is 12.3 Å². The monoisotopic (exact) mass is 305 g/mol. The van der Waals surface area contributed by atoms with E-state index in [4.69, 9.17) is 0 Å². The van der Waals surface area contributed by atoms with Crippen molar-refractivity contribution in [1.29, 1.82) is 0 Å². The molecule has 1 aromatic heterocycles. The number of rotatable bonds is 4. The van der Waals surface area contributed by atoms with E-state index in [0.717, 1.165) is 10.0 Å². The van der Waals surface area contributed by atoms with Crippen molar-refractivity contribution < 1.29 is 9.90 Å². The second-order valence-corrected chi connectivity index (χ2v) is 4.89. The summed E-state index contributed by atoms with van der Waals surface area (Å²) in [6, 6.07) is 13.0. The average molecular weight is 306 g/mol. The van der Waals surface area contributed by atoms with Crippen LogP contribution in [-0.4, -0.2) is 16.1 Å². The largest absolute Gasteiger partial charge is 0.481 e. The van der Waals surface area contributed by atoms with Gasteiger partial charge in [-0.25, -0.2) is 0 Å². The van der Waals surface area contributed by atoms with Crippen LogP contribution >= 0.6 is 15.9 Å². The molecule has 18 heavy (non-hydrogen) atoms. The molecule has 0 amide bonds. The molecular formula is C14H12BrNO2. The van der Waals surface area contributed by atoms with Crippen LogP contribution < -0.4 is 0 Å². The number of hydrogen-bond acceptors (Lipinski definition) is 2. The van der Waals surface area contributed by atoms with E-state index in [-0.39, 0.29) is 0 Å². The Bertz CT molecular complexity index is 525. The zero-order valence-corrected chi connectivity index (χ0v) is 11.2. The van der Waals surface area contributed by atoms with Crippen molar-refractivity contribution in [2.24, 2.45) is 0 Å². The van der Waals surface area contributed by atoms with Crippen LogP contribution in [0.1, 0.15) is 17.2 Å². The lowest BCUT2D eigenvalue weighted by Crippen LogP contribution is -2.15. The van der Waals surface area contributed by atoms with Gasteiger partial charge in [0.15, 0.2) is 0 Å². The third kappa shape index (κ3) is 3.17. The fraction of sp³-hybridized carbons (Fsp3) is 0.143. The Morgan fingerprint density at radius 1 is 1.22 bits per heavy atom. The first-order valence-corrected chi connectivity index (χ1v) is 6.34. The van der Waals surface area contributed by atoms with E-state index >= 15 is 0 Å². The van der Waals surface area contributed by atoms with E-state index in [1.165, 1.54) is 0 Å². The number of pyridine rings is 1. The molecule has 4 heteroatoms. The van der Waals surface area contributed by atoms with E-state index in [9.17, 15) is 9.90 Å². The van der Waals surface area contributed by atoms with E-state index in [1.807, 2.05) is 24.3 Å². The maximum atomic E-state index is 11.3. The molecule has 1 unspecified atom stereocenters. The molecule has 92 valence electrons. The SMILES string of the molecule is O=C(O)C(Cc1ccc(Br)cc1)c1ccccn1. The van der Waals surface area contributed by atoms with Crippen molar-refractivity contribution in [2.75, 3.05) is 0 Å². The zero-order chi connectivity index (χ0) is 13.0. The van der Waals surface area contributed by atoms with Crippen LogP contribution in [0.3, 0.4) is 0 Å². The fourth-order valence-electron chi connectivity index (χ4n) is 1.76. The topological polar surface area (TPSA) is 50.2 Å². The third-order valence-corrected chi connectivity index (χ3v) is 3.22. The van der Waals surface area contributed by atoms with Crippen molar-refractivity contribution in [3.05, 3.63) is 64.4 Å². The van der Waals surface area contributed by atoms with Crippen LogP contribution in [0, 0.1) is 0 Å². The summed E-state index contributed by atoms with van der Waals surface area (Å²) < 4.78 is 0.982. The minimum atomic E-state index is -0.850. The molecule has 1 N–H and O–H groups in total. The predicted molar refractivity (Wildman–Crippen MR) is 72.5 cm³/mol. The molecule has 2 aromatic rings. The Labute approximate surface area is 114 Å². The molecule has 0 aliphatic rings. The molecule has 3 nitrogen and oxygen atoms in total. The van der Waals surface area contributed by atoms with Crippen molar-refractivity contribution in [3.8, 4) is 0 Å². The summed E-state index contributed by atoms with van der Waals surface area (Å²) in [5.41, 5.74) is 1.57. The van der Waals surface area contributed by atoms with Crippen molar-refractivity contribution >= 4 is 21.9 Å². The van der Waals surface area contributed by atoms with Gasteiger partial charge in [0.1, 0.15) is 5.92 Å². The van der Waals surface area contributed by atoms with Crippen LogP contribution in [-0.2, 0) is 11.2 Å². The molecule has 0 saturated carbocycles. The Morgan fingerprint density at radius 3 is 2.50 bits per heavy atom. The zero-order valence-electron chi connectivity index (χ0n) is 9.58. The number of aromatic nitrogens is 1. The third-order valence-electron chi connectivity index (χ3n) is 2.70. The molecule has 1 atom stereocenters. The summed E-state index contributed by atoms with van der Waals surface area (Å²) in [5, 5.41) is 9.29. The number of carbonyl (C=O) groups is 1. The van der Waals surface area contributed by atoms with Crippen molar-refractivity contribution in [1.82, 2.24) is 4.98 Å². The predicted octanol–water partition coefficient (Wildman–Crippen LogP) is 3.26. The Morgan fingerprint density at radius 2 is 1.94 bits per heavy atom. The summed E-state index contributed by atoms with van der Waals surface area (Å²) in [4.78, 5) is 15.4. The van der Waals surface area contributed by atoms with Gasteiger partial charge in [-0.3, -0.25) is 9.78 Å². The molecule has 0 spiro atoms. The lowest BCUT2D eigenvalue weighted by atomic mass is 9.96. The van der Waals surface area contributed by atoms with Crippen LogP contribution in [0.15, 0.2) is 53.1 Å². The van der Waals surface area contributed by atoms with Gasteiger partial charge < -0.3 is 5.11 Å². The molecular weight excluding hydrogens is 294 g/mol. The highest BCUT2D eigenvalue weighted by Crippen LogP contribution is 2.20. The Hall–Kier alpha value is -1.68. The molecule has 0 fully saturated rings. The summed E-state index contributed by atoms with van der Waals surface area (Å²) in [6.45, 7) is 0. The van der Waals surface area contributed by atoms with Gasteiger partial charge in [0.2, 0.25) is 0 Å². The summed E-state index contributed by atoms with van der Waals surface area (Å²) in [5.74, 6) is -1.45. The molecule has 1 aromatic carbocycles. The molecule has 0 radical (unpaired) electrons. The first-order chi connectivity index (χ1) is 8.66. The van der Waals surface area contributed by atoms with E-state index in [2.05, 4.69) is 20.9 Å². The van der Waals surface area contributed by atoms with Crippen molar-refractivity contribution in [3.63, 3.8) is 0 Å². The minimum Gasteiger partial charge on any atom is -0.481 e. The second kappa shape index (κ2) is 5.78. The van der Waals surface area contributed by atoms with Gasteiger partial charge in [-0.05, 0) is 36.2 Å². The van der Waals surface area contributed by atoms with Crippen LogP contribution in [0.5, 0.6) is 0 Å². The highest BCUT2D eigenvalue weighted by Gasteiger charge is 2.21. The number of benzene rings is 1. The molecule has 0 aliphatic heterocycles. The fourth-order valence-corrected chi connectivity index (χ4v) is 2.02. The van der Waals surface area contributed by atoms with Crippen LogP contribution in [0.25, 0.3) is 0 Å². The maximum absolute atomic E-state index is 11.3. The summed E-state index contributed by atoms with van der Waals surface area (Å²) >= 11 is 3.36. The van der Waals surface area contributed by atoms with Gasteiger partial charge in [0, 0.05) is 10.7 Å². The van der Waals surface area contributed by atoms with Gasteiger partial charge >= 0.3 is 5.97 Å². The average Bonchev–Trinajstić information content (AvgIpc) is 2.38. The Kier molecular flexibility index (Phi) is 4.10. The molecule has 0 saturated heterocycles. The van der Waals surface area contributed by atoms with Gasteiger partial charge in [0.25, 0.3) is 0 Å². The van der Waals surface area contributed by atoms with Gasteiger partial charge in [0.05, 0.1) is 5.69 Å². The number of carboxylic acids is 1. The first kappa shape index (κ1) is 12.8. The van der Waals surface area contributed by atoms with E-state index in [1.54, 1.807) is 24.4 Å². The lowest BCUT2D eigenvalue weighted by Gasteiger charge is -2.11. The molecule has 1 heterocycles. The van der Waals surface area contributed by atoms with Gasteiger partial charge in [-0.1, -0.05) is 34.1 Å². The van der Waals surface area contributed by atoms with Crippen LogP contribution in [0.2, 0.25) is 0 Å². The lowest BCUT2D eigenvalue weighted by molar-refractivity contribution is -0.138. The Balaban J connectivity index is 2.22. The number of aliphatic carboxylic acids is 1. The summed E-state index contributed by atoms with van der Waals surface area (Å²) in [6.07, 6.45) is 2.06.